The Kier molecular flexibility index (Phi) is 5.89. The summed E-state index contributed by atoms with van der Waals surface area (Å²) >= 11 is 0. The Bertz CT molecular complexity index is 720. The summed E-state index contributed by atoms with van der Waals surface area (Å²) in [6.07, 6.45) is 4.50. The molecule has 0 N–H and O–H groups in total. The lowest BCUT2D eigenvalue weighted by Gasteiger charge is -2.23. The fraction of sp³-hybridized carbons (Fsp3) is 0.278. The van der Waals surface area contributed by atoms with Crippen molar-refractivity contribution in [2.45, 2.75) is 26.4 Å². The Balaban J connectivity index is 2.08. The molecule has 24 heavy (non-hydrogen) atoms. The molecule has 2 rings (SSSR count). The van der Waals surface area contributed by atoms with Crippen LogP contribution in [0.15, 0.2) is 47.1 Å². The Labute approximate surface area is 140 Å². The van der Waals surface area contributed by atoms with Crippen molar-refractivity contribution in [1.29, 1.82) is 0 Å². The van der Waals surface area contributed by atoms with Crippen LogP contribution < -0.4 is 0 Å². The van der Waals surface area contributed by atoms with Gasteiger partial charge in [0, 0.05) is 12.1 Å². The number of amides is 1. The Morgan fingerprint density at radius 3 is 2.62 bits per heavy atom. The van der Waals surface area contributed by atoms with Gasteiger partial charge >= 0.3 is 5.97 Å². The van der Waals surface area contributed by atoms with E-state index in [2.05, 4.69) is 9.72 Å². The summed E-state index contributed by atoms with van der Waals surface area (Å²) < 4.78 is 9.84. The van der Waals surface area contributed by atoms with Gasteiger partial charge in [-0.05, 0) is 25.5 Å². The number of nitrogens with zero attached hydrogens (tertiary/aromatic N) is 2. The summed E-state index contributed by atoms with van der Waals surface area (Å²) in [7, 11) is 1.27. The van der Waals surface area contributed by atoms with Crippen molar-refractivity contribution in [1.82, 2.24) is 9.88 Å². The summed E-state index contributed by atoms with van der Waals surface area (Å²) in [6.45, 7) is 3.98. The van der Waals surface area contributed by atoms with Gasteiger partial charge < -0.3 is 14.1 Å². The summed E-state index contributed by atoms with van der Waals surface area (Å²) in [5.74, 6) is -0.450. The zero-order valence-corrected chi connectivity index (χ0v) is 13.9. The molecule has 1 amide bonds. The molecule has 126 valence electrons. The predicted octanol–water partition coefficient (Wildman–Crippen LogP) is 2.91. The predicted molar refractivity (Wildman–Crippen MR) is 89.0 cm³/mol. The van der Waals surface area contributed by atoms with Crippen LogP contribution in [-0.4, -0.2) is 34.9 Å². The molecule has 0 aliphatic rings. The summed E-state index contributed by atoms with van der Waals surface area (Å²) in [6, 6.07) is 9.52. The van der Waals surface area contributed by atoms with E-state index >= 15 is 0 Å². The van der Waals surface area contributed by atoms with Gasteiger partial charge in [0.2, 0.25) is 11.8 Å². The second-order valence-electron chi connectivity index (χ2n) is 5.42. The van der Waals surface area contributed by atoms with Crippen LogP contribution in [0.25, 0.3) is 6.08 Å². The second-order valence-corrected chi connectivity index (χ2v) is 5.42. The lowest BCUT2D eigenvalue weighted by molar-refractivity contribution is -0.128. The number of rotatable bonds is 6. The van der Waals surface area contributed by atoms with Crippen molar-refractivity contribution in [3.8, 4) is 0 Å². The maximum Gasteiger partial charge on any atom is 0.360 e. The fourth-order valence-corrected chi connectivity index (χ4v) is 2.07. The van der Waals surface area contributed by atoms with E-state index in [9.17, 15) is 9.59 Å². The quantitative estimate of drug-likeness (QED) is 0.602. The van der Waals surface area contributed by atoms with Gasteiger partial charge in [0.05, 0.1) is 13.7 Å². The number of esters is 1. The van der Waals surface area contributed by atoms with E-state index in [0.717, 1.165) is 5.56 Å². The highest BCUT2D eigenvalue weighted by Crippen LogP contribution is 2.11. The number of carbonyl (C=O) groups excluding carboxylic acids is 2. The van der Waals surface area contributed by atoms with Gasteiger partial charge in [-0.25, -0.2) is 9.78 Å². The minimum absolute atomic E-state index is 0.0496. The van der Waals surface area contributed by atoms with Gasteiger partial charge in [-0.2, -0.15) is 0 Å². The number of carbonyl (C=O) groups is 2. The number of oxazole rings is 1. The van der Waals surface area contributed by atoms with Crippen LogP contribution in [0.1, 0.15) is 35.8 Å². The number of hydrogen-bond acceptors (Lipinski definition) is 5. The molecule has 0 aliphatic carbocycles. The summed E-state index contributed by atoms with van der Waals surface area (Å²) in [5, 5.41) is 0. The molecule has 0 bridgehead atoms. The third-order valence-electron chi connectivity index (χ3n) is 3.38. The molecular formula is C18H20N2O4. The van der Waals surface area contributed by atoms with Crippen molar-refractivity contribution in [2.24, 2.45) is 0 Å². The highest BCUT2D eigenvalue weighted by Gasteiger charge is 2.19. The number of hydrogen-bond donors (Lipinski definition) is 0. The summed E-state index contributed by atoms with van der Waals surface area (Å²) in [5.41, 5.74) is 1.03. The Morgan fingerprint density at radius 2 is 2.00 bits per heavy atom. The summed E-state index contributed by atoms with van der Waals surface area (Å²) in [4.78, 5) is 29.5. The van der Waals surface area contributed by atoms with Gasteiger partial charge in [0.1, 0.15) is 6.26 Å². The molecule has 1 aromatic carbocycles. The van der Waals surface area contributed by atoms with E-state index in [0.29, 0.717) is 0 Å². The van der Waals surface area contributed by atoms with Crippen LogP contribution >= 0.6 is 0 Å². The monoisotopic (exact) mass is 328 g/mol. The SMILES string of the molecule is COC(=O)c1coc(CN(C(=O)C=Cc2ccccc2)C(C)C)n1. The molecule has 0 saturated heterocycles. The van der Waals surface area contributed by atoms with Gasteiger partial charge in [-0.1, -0.05) is 30.3 Å². The lowest BCUT2D eigenvalue weighted by Crippen LogP contribution is -2.35. The Hall–Kier alpha value is -2.89. The van der Waals surface area contributed by atoms with E-state index < -0.39 is 5.97 Å². The van der Waals surface area contributed by atoms with Crippen molar-refractivity contribution < 1.29 is 18.7 Å². The van der Waals surface area contributed by atoms with Crippen LogP contribution in [-0.2, 0) is 16.1 Å². The first-order valence-electron chi connectivity index (χ1n) is 7.57. The van der Waals surface area contributed by atoms with E-state index in [1.807, 2.05) is 44.2 Å². The lowest BCUT2D eigenvalue weighted by atomic mass is 10.2. The van der Waals surface area contributed by atoms with Crippen molar-refractivity contribution >= 4 is 18.0 Å². The zero-order valence-electron chi connectivity index (χ0n) is 13.9. The molecule has 0 atom stereocenters. The smallest absolute Gasteiger partial charge is 0.360 e. The topological polar surface area (TPSA) is 72.6 Å². The van der Waals surface area contributed by atoms with Crippen molar-refractivity contribution in [2.75, 3.05) is 7.11 Å². The maximum absolute atomic E-state index is 12.4. The largest absolute Gasteiger partial charge is 0.464 e. The number of aromatic nitrogens is 1. The first-order chi connectivity index (χ1) is 11.5. The highest BCUT2D eigenvalue weighted by atomic mass is 16.5. The maximum atomic E-state index is 12.4. The molecule has 0 aliphatic heterocycles. The third kappa shape index (κ3) is 4.55. The molecule has 6 heteroatoms. The van der Waals surface area contributed by atoms with E-state index in [1.54, 1.807) is 11.0 Å². The van der Waals surface area contributed by atoms with Crippen LogP contribution in [0.4, 0.5) is 0 Å². The average Bonchev–Trinajstić information content (AvgIpc) is 3.06. The van der Waals surface area contributed by atoms with E-state index in [1.165, 1.54) is 19.4 Å². The minimum atomic E-state index is -0.573. The number of benzene rings is 1. The molecule has 0 saturated carbocycles. The van der Waals surface area contributed by atoms with Crippen LogP contribution in [0.3, 0.4) is 0 Å². The normalized spacial score (nSPS) is 11.0. The molecule has 0 radical (unpaired) electrons. The molecule has 0 fully saturated rings. The van der Waals surface area contributed by atoms with Gasteiger partial charge in [0.25, 0.3) is 0 Å². The van der Waals surface area contributed by atoms with Gasteiger partial charge in [-0.3, -0.25) is 4.79 Å². The van der Waals surface area contributed by atoms with E-state index in [-0.39, 0.29) is 30.1 Å². The van der Waals surface area contributed by atoms with Crippen LogP contribution in [0.2, 0.25) is 0 Å². The first-order valence-corrected chi connectivity index (χ1v) is 7.57. The standard InChI is InChI=1S/C18H20N2O4/c1-13(2)20(11-16-19-15(12-24-16)18(22)23-3)17(21)10-9-14-7-5-4-6-8-14/h4-10,12-13H,11H2,1-3H3. The minimum Gasteiger partial charge on any atom is -0.464 e. The second kappa shape index (κ2) is 8.10. The molecule has 2 aromatic rings. The fourth-order valence-electron chi connectivity index (χ4n) is 2.07. The molecule has 1 aromatic heterocycles. The Morgan fingerprint density at radius 1 is 1.29 bits per heavy atom. The molecule has 1 heterocycles. The van der Waals surface area contributed by atoms with Crippen molar-refractivity contribution in [3.05, 3.63) is 59.8 Å². The van der Waals surface area contributed by atoms with Gasteiger partial charge in [-0.15, -0.1) is 0 Å². The number of methoxy groups -OCH3 is 1. The molecule has 6 nitrogen and oxygen atoms in total. The average molecular weight is 328 g/mol. The third-order valence-corrected chi connectivity index (χ3v) is 3.38. The molecular weight excluding hydrogens is 308 g/mol. The molecule has 0 unspecified atom stereocenters. The first kappa shape index (κ1) is 17.5. The van der Waals surface area contributed by atoms with Crippen LogP contribution in [0, 0.1) is 0 Å². The highest BCUT2D eigenvalue weighted by molar-refractivity contribution is 5.92. The van der Waals surface area contributed by atoms with E-state index in [4.69, 9.17) is 4.42 Å². The van der Waals surface area contributed by atoms with Crippen molar-refractivity contribution in [3.63, 3.8) is 0 Å². The molecule has 0 spiro atoms. The number of ether oxygens (including phenoxy) is 1. The van der Waals surface area contributed by atoms with Gasteiger partial charge in [0.15, 0.2) is 5.69 Å². The van der Waals surface area contributed by atoms with Crippen LogP contribution in [0.5, 0.6) is 0 Å². The zero-order chi connectivity index (χ0) is 17.5.